The van der Waals surface area contributed by atoms with E-state index >= 15 is 0 Å². The first-order valence-electron chi connectivity index (χ1n) is 6.67. The Morgan fingerprint density at radius 1 is 1.47 bits per heavy atom. The Morgan fingerprint density at radius 2 is 2.29 bits per heavy atom. The van der Waals surface area contributed by atoms with Gasteiger partial charge in [-0.3, -0.25) is 0 Å². The normalized spacial score (nSPS) is 15.7. The molecule has 0 aliphatic heterocycles. The quantitative estimate of drug-likeness (QED) is 0.751. The lowest BCUT2D eigenvalue weighted by Gasteiger charge is -2.06. The highest BCUT2D eigenvalue weighted by Crippen LogP contribution is 2.28. The van der Waals surface area contributed by atoms with Crippen molar-refractivity contribution in [1.82, 2.24) is 9.88 Å². The second-order valence-corrected chi connectivity index (χ2v) is 5.50. The van der Waals surface area contributed by atoms with Crippen LogP contribution in [0.25, 0.3) is 0 Å². The van der Waals surface area contributed by atoms with Crippen molar-refractivity contribution in [2.45, 2.75) is 40.0 Å². The van der Waals surface area contributed by atoms with Gasteiger partial charge in [-0.15, -0.1) is 0 Å². The summed E-state index contributed by atoms with van der Waals surface area (Å²) in [5, 5.41) is 3.44. The summed E-state index contributed by atoms with van der Waals surface area (Å²) in [5.41, 5.74) is 1.33. The van der Waals surface area contributed by atoms with Gasteiger partial charge in [0.2, 0.25) is 0 Å². The van der Waals surface area contributed by atoms with Crippen molar-refractivity contribution >= 4 is 0 Å². The number of nitrogens with zero attached hydrogens (tertiary/aromatic N) is 1. The van der Waals surface area contributed by atoms with Gasteiger partial charge in [0.1, 0.15) is 6.73 Å². The second kappa shape index (κ2) is 6.22. The molecule has 17 heavy (non-hydrogen) atoms. The van der Waals surface area contributed by atoms with Crippen LogP contribution in [0, 0.1) is 11.8 Å². The van der Waals surface area contributed by atoms with Gasteiger partial charge in [0.05, 0.1) is 6.61 Å². The Kier molecular flexibility index (Phi) is 4.63. The molecule has 2 rings (SSSR count). The Labute approximate surface area is 104 Å². The fraction of sp³-hybridized carbons (Fsp3) is 0.714. The van der Waals surface area contributed by atoms with E-state index in [0.29, 0.717) is 12.6 Å². The lowest BCUT2D eigenvalue weighted by atomic mass is 10.2. The third-order valence-electron chi connectivity index (χ3n) is 2.98. The van der Waals surface area contributed by atoms with Crippen LogP contribution < -0.4 is 5.32 Å². The van der Waals surface area contributed by atoms with Crippen LogP contribution in [0.5, 0.6) is 0 Å². The van der Waals surface area contributed by atoms with Crippen molar-refractivity contribution in [2.75, 3.05) is 13.2 Å². The highest BCUT2D eigenvalue weighted by molar-refractivity contribution is 5.09. The van der Waals surface area contributed by atoms with E-state index in [1.54, 1.807) is 0 Å². The molecule has 1 aromatic heterocycles. The number of nitrogens with one attached hydrogen (secondary N) is 1. The highest BCUT2D eigenvalue weighted by Gasteiger charge is 2.20. The monoisotopic (exact) mass is 236 g/mol. The lowest BCUT2D eigenvalue weighted by molar-refractivity contribution is 0.0692. The number of rotatable bonds is 8. The summed E-state index contributed by atoms with van der Waals surface area (Å²) in [6.45, 7) is 8.10. The molecular weight excluding hydrogens is 212 g/mol. The zero-order chi connectivity index (χ0) is 12.1. The molecule has 0 aromatic carbocycles. The minimum Gasteiger partial charge on any atom is -0.361 e. The van der Waals surface area contributed by atoms with E-state index in [-0.39, 0.29) is 0 Å². The third kappa shape index (κ3) is 4.92. The fourth-order valence-electron chi connectivity index (χ4n) is 1.79. The molecule has 0 radical (unpaired) electrons. The Hall–Kier alpha value is -0.800. The van der Waals surface area contributed by atoms with Gasteiger partial charge < -0.3 is 14.6 Å². The molecule has 3 heteroatoms. The molecule has 1 aliphatic rings. The van der Waals surface area contributed by atoms with Gasteiger partial charge in [0.25, 0.3) is 0 Å². The van der Waals surface area contributed by atoms with Crippen LogP contribution >= 0.6 is 0 Å². The smallest absolute Gasteiger partial charge is 0.122 e. The Morgan fingerprint density at radius 3 is 3.00 bits per heavy atom. The van der Waals surface area contributed by atoms with E-state index in [0.717, 1.165) is 25.6 Å². The molecule has 1 heterocycles. The first-order chi connectivity index (χ1) is 8.24. The molecule has 1 aliphatic carbocycles. The summed E-state index contributed by atoms with van der Waals surface area (Å²) in [6, 6.07) is 2.16. The molecule has 1 N–H and O–H groups in total. The molecule has 0 bridgehead atoms. The summed E-state index contributed by atoms with van der Waals surface area (Å²) in [7, 11) is 0. The number of ether oxygens (including phenoxy) is 1. The van der Waals surface area contributed by atoms with Crippen LogP contribution in [0.3, 0.4) is 0 Å². The molecular formula is C14H24N2O. The minimum absolute atomic E-state index is 0.695. The first kappa shape index (κ1) is 12.7. The van der Waals surface area contributed by atoms with Crippen LogP contribution in [0.2, 0.25) is 0 Å². The zero-order valence-corrected chi connectivity index (χ0v) is 11.0. The maximum Gasteiger partial charge on any atom is 0.122 e. The average Bonchev–Trinajstić information content (AvgIpc) is 2.98. The summed E-state index contributed by atoms with van der Waals surface area (Å²) >= 11 is 0. The molecule has 3 nitrogen and oxygen atoms in total. The van der Waals surface area contributed by atoms with Crippen molar-refractivity contribution in [2.24, 2.45) is 11.8 Å². The predicted molar refractivity (Wildman–Crippen MR) is 69.7 cm³/mol. The molecule has 96 valence electrons. The van der Waals surface area contributed by atoms with Crippen molar-refractivity contribution in [3.8, 4) is 0 Å². The molecule has 1 fully saturated rings. The Balaban J connectivity index is 1.63. The van der Waals surface area contributed by atoms with Crippen LogP contribution in [0.15, 0.2) is 18.5 Å². The largest absolute Gasteiger partial charge is 0.361 e. The van der Waals surface area contributed by atoms with Gasteiger partial charge in [-0.1, -0.05) is 13.8 Å². The predicted octanol–water partition coefficient (Wildman–Crippen LogP) is 2.62. The minimum atomic E-state index is 0.695. The van der Waals surface area contributed by atoms with E-state index in [2.05, 4.69) is 42.2 Å². The van der Waals surface area contributed by atoms with Crippen LogP contribution in [0.1, 0.15) is 32.3 Å². The maximum atomic E-state index is 5.64. The van der Waals surface area contributed by atoms with E-state index in [1.807, 2.05) is 0 Å². The van der Waals surface area contributed by atoms with Gasteiger partial charge in [-0.2, -0.15) is 0 Å². The topological polar surface area (TPSA) is 26.2 Å². The van der Waals surface area contributed by atoms with E-state index in [4.69, 9.17) is 4.74 Å². The van der Waals surface area contributed by atoms with Crippen molar-refractivity contribution in [3.63, 3.8) is 0 Å². The van der Waals surface area contributed by atoms with E-state index in [9.17, 15) is 0 Å². The van der Waals surface area contributed by atoms with Gasteiger partial charge >= 0.3 is 0 Å². The van der Waals surface area contributed by atoms with Crippen molar-refractivity contribution in [3.05, 3.63) is 24.0 Å². The van der Waals surface area contributed by atoms with Crippen LogP contribution in [-0.4, -0.2) is 17.7 Å². The van der Waals surface area contributed by atoms with E-state index < -0.39 is 0 Å². The van der Waals surface area contributed by atoms with Crippen molar-refractivity contribution in [1.29, 1.82) is 0 Å². The number of aromatic nitrogens is 1. The Bertz CT molecular complexity index is 306. The molecule has 0 saturated heterocycles. The van der Waals surface area contributed by atoms with Gasteiger partial charge in [-0.25, -0.2) is 0 Å². The van der Waals surface area contributed by atoms with Gasteiger partial charge in [-0.05, 0) is 42.9 Å². The summed E-state index contributed by atoms with van der Waals surface area (Å²) in [6.07, 6.45) is 6.98. The second-order valence-electron chi connectivity index (χ2n) is 5.50. The highest BCUT2D eigenvalue weighted by atomic mass is 16.5. The molecule has 1 aromatic rings. The average molecular weight is 236 g/mol. The van der Waals surface area contributed by atoms with Crippen LogP contribution in [-0.2, 0) is 18.0 Å². The van der Waals surface area contributed by atoms with Gasteiger partial charge in [0, 0.05) is 18.9 Å². The molecule has 0 spiro atoms. The zero-order valence-electron chi connectivity index (χ0n) is 11.0. The summed E-state index contributed by atoms with van der Waals surface area (Å²) < 4.78 is 7.76. The summed E-state index contributed by atoms with van der Waals surface area (Å²) in [5.74, 6) is 1.55. The maximum absolute atomic E-state index is 5.64. The molecule has 1 saturated carbocycles. The van der Waals surface area contributed by atoms with Crippen molar-refractivity contribution < 1.29 is 4.74 Å². The fourth-order valence-corrected chi connectivity index (χ4v) is 1.79. The van der Waals surface area contributed by atoms with Gasteiger partial charge in [0.15, 0.2) is 0 Å². The molecule has 0 amide bonds. The summed E-state index contributed by atoms with van der Waals surface area (Å²) in [4.78, 5) is 0. The molecule has 0 atom stereocenters. The third-order valence-corrected chi connectivity index (χ3v) is 2.98. The number of hydrogen-bond acceptors (Lipinski definition) is 2. The lowest BCUT2D eigenvalue weighted by Crippen LogP contribution is -2.18. The number of hydrogen-bond donors (Lipinski definition) is 1. The van der Waals surface area contributed by atoms with E-state index in [1.165, 1.54) is 18.4 Å². The van der Waals surface area contributed by atoms with Crippen LogP contribution in [0.4, 0.5) is 0 Å². The standard InChI is InChI=1S/C14H24N2O/c1-12(2)7-15-8-14-5-6-16(9-14)11-17-10-13-3-4-13/h5-6,9,12-13,15H,3-4,7-8,10-11H2,1-2H3. The molecule has 0 unspecified atom stereocenters. The first-order valence-corrected chi connectivity index (χ1v) is 6.67. The SMILES string of the molecule is CC(C)CNCc1ccn(COCC2CC2)c1.